The van der Waals surface area contributed by atoms with Gasteiger partial charge in [-0.25, -0.2) is 14.8 Å². The van der Waals surface area contributed by atoms with Crippen molar-refractivity contribution in [3.63, 3.8) is 0 Å². The second-order valence-electron chi connectivity index (χ2n) is 7.16. The number of hydrogen-bond donors (Lipinski definition) is 2. The zero-order valence-corrected chi connectivity index (χ0v) is 20.4. The zero-order chi connectivity index (χ0) is 23.2. The molecule has 3 rings (SSSR count). The van der Waals surface area contributed by atoms with Crippen molar-refractivity contribution in [2.45, 2.75) is 40.2 Å². The highest BCUT2D eigenvalue weighted by molar-refractivity contribution is 9.10. The minimum absolute atomic E-state index is 0.103. The van der Waals surface area contributed by atoms with Gasteiger partial charge in [0.15, 0.2) is 0 Å². The molecule has 1 heterocycles. The van der Waals surface area contributed by atoms with Crippen LogP contribution < -0.4 is 11.1 Å². The second kappa shape index (κ2) is 10.5. The number of hydrogen-bond acceptors (Lipinski definition) is 5. The molecular formula is C22H25BrClN5O2. The average molecular weight is 507 g/mol. The molecule has 164 valence electrons. The molecule has 1 amide bonds. The van der Waals surface area contributed by atoms with E-state index >= 15 is 0 Å². The first kappa shape index (κ1) is 24.6. The van der Waals surface area contributed by atoms with Crippen molar-refractivity contribution in [1.82, 2.24) is 15.3 Å². The number of amides is 1. The van der Waals surface area contributed by atoms with Gasteiger partial charge in [0.25, 0.3) is 5.95 Å². The molecule has 0 atom stereocenters. The number of nitrogens with two attached hydrogens (primary N) is 1. The average Bonchev–Trinajstić information content (AvgIpc) is 2.68. The monoisotopic (exact) mass is 505 g/mol. The van der Waals surface area contributed by atoms with Gasteiger partial charge in [-0.15, -0.1) is 0 Å². The molecule has 0 bridgehead atoms. The largest absolute Gasteiger partial charge is 0.444 e. The van der Waals surface area contributed by atoms with E-state index in [0.29, 0.717) is 16.2 Å². The maximum absolute atomic E-state index is 11.9. The molecule has 0 fully saturated rings. The molecule has 0 saturated heterocycles. The van der Waals surface area contributed by atoms with Gasteiger partial charge in [0.05, 0.1) is 11.2 Å². The quantitative estimate of drug-likeness (QED) is 0.318. The van der Waals surface area contributed by atoms with Gasteiger partial charge in [-0.3, -0.25) is 5.32 Å². The van der Waals surface area contributed by atoms with Crippen molar-refractivity contribution >= 4 is 56.4 Å². The van der Waals surface area contributed by atoms with Crippen LogP contribution in [0.5, 0.6) is 0 Å². The molecule has 0 saturated carbocycles. The Bertz CT molecular complexity index is 1100. The molecule has 0 aliphatic carbocycles. The van der Waals surface area contributed by atoms with Gasteiger partial charge in [0.1, 0.15) is 5.60 Å². The van der Waals surface area contributed by atoms with Gasteiger partial charge in [-0.1, -0.05) is 53.5 Å². The van der Waals surface area contributed by atoms with Crippen molar-refractivity contribution < 1.29 is 9.53 Å². The fourth-order valence-corrected chi connectivity index (χ4v) is 2.95. The summed E-state index contributed by atoms with van der Waals surface area (Å²) in [6.45, 7) is 9.26. The van der Waals surface area contributed by atoms with Gasteiger partial charge < -0.3 is 10.5 Å². The summed E-state index contributed by atoms with van der Waals surface area (Å²) in [4.78, 5) is 24.9. The van der Waals surface area contributed by atoms with Crippen molar-refractivity contribution in [2.24, 2.45) is 10.7 Å². The lowest BCUT2D eigenvalue weighted by atomic mass is 10.1. The van der Waals surface area contributed by atoms with Crippen LogP contribution in [0.25, 0.3) is 22.2 Å². The Morgan fingerprint density at radius 1 is 1.13 bits per heavy atom. The Morgan fingerprint density at radius 2 is 1.77 bits per heavy atom. The Kier molecular flexibility index (Phi) is 8.36. The molecule has 3 aromatic rings. The number of carbonyl (C=O) groups is 1. The van der Waals surface area contributed by atoms with Crippen LogP contribution in [0.4, 0.5) is 10.7 Å². The summed E-state index contributed by atoms with van der Waals surface area (Å²) in [5, 5.41) is 3.71. The number of ether oxygens (including phenoxy) is 1. The van der Waals surface area contributed by atoms with Crippen LogP contribution in [0.15, 0.2) is 51.9 Å². The Hall–Kier alpha value is -2.71. The second-order valence-corrected chi connectivity index (χ2v) is 8.52. The molecule has 2 aromatic carbocycles. The van der Waals surface area contributed by atoms with E-state index in [4.69, 9.17) is 22.1 Å². The number of guanidine groups is 1. The number of carbonyl (C=O) groups excluding carboxylic acids is 1. The molecule has 0 unspecified atom stereocenters. The van der Waals surface area contributed by atoms with Crippen LogP contribution in [0.3, 0.4) is 0 Å². The van der Waals surface area contributed by atoms with Gasteiger partial charge in [-0.2, -0.15) is 4.99 Å². The number of aliphatic imine (C=N–C) groups is 1. The van der Waals surface area contributed by atoms with Crippen molar-refractivity contribution in [2.75, 3.05) is 0 Å². The van der Waals surface area contributed by atoms with E-state index in [1.54, 1.807) is 39.0 Å². The highest BCUT2D eigenvalue weighted by Crippen LogP contribution is 2.30. The van der Waals surface area contributed by atoms with Crippen LogP contribution in [0.2, 0.25) is 5.02 Å². The first-order chi connectivity index (χ1) is 14.6. The van der Waals surface area contributed by atoms with E-state index in [9.17, 15) is 4.79 Å². The maximum Gasteiger partial charge on any atom is 0.414 e. The third-order valence-electron chi connectivity index (χ3n) is 3.61. The van der Waals surface area contributed by atoms with E-state index in [1.165, 1.54) is 0 Å². The van der Waals surface area contributed by atoms with Gasteiger partial charge in [0.2, 0.25) is 5.96 Å². The smallest absolute Gasteiger partial charge is 0.414 e. The predicted molar refractivity (Wildman–Crippen MR) is 130 cm³/mol. The van der Waals surface area contributed by atoms with Crippen LogP contribution in [0, 0.1) is 0 Å². The van der Waals surface area contributed by atoms with Crippen LogP contribution in [0.1, 0.15) is 34.6 Å². The van der Waals surface area contributed by atoms with Gasteiger partial charge >= 0.3 is 6.09 Å². The lowest BCUT2D eigenvalue weighted by Crippen LogP contribution is -2.40. The predicted octanol–water partition coefficient (Wildman–Crippen LogP) is 6.21. The third-order valence-corrected chi connectivity index (χ3v) is 4.38. The summed E-state index contributed by atoms with van der Waals surface area (Å²) in [5.41, 5.74) is 7.33. The van der Waals surface area contributed by atoms with Gasteiger partial charge in [-0.05, 0) is 51.1 Å². The maximum atomic E-state index is 11.9. The number of nitrogens with one attached hydrogen (secondary N) is 1. The lowest BCUT2D eigenvalue weighted by molar-refractivity contribution is 0.0562. The number of aromatic nitrogens is 2. The fraction of sp³-hybridized carbons (Fsp3) is 0.273. The summed E-state index contributed by atoms with van der Waals surface area (Å²) < 4.78 is 6.11. The molecule has 1 aromatic heterocycles. The number of halogens is 2. The van der Waals surface area contributed by atoms with Crippen LogP contribution in [-0.2, 0) is 4.74 Å². The minimum Gasteiger partial charge on any atom is -0.444 e. The number of alkyl carbamates (subject to hydrolysis) is 1. The highest BCUT2D eigenvalue weighted by Gasteiger charge is 2.17. The summed E-state index contributed by atoms with van der Waals surface area (Å²) in [6, 6.07) is 13.0. The number of fused-ring (bicyclic) bond motifs is 1. The standard InChI is InChI=1S/C20H19BrClN5O2.C2H6/c1-20(2,3)29-19(28)27-17(23)26-18-24-15-9-8-13(22)10-14(15)16(25-18)11-4-6-12(21)7-5-11;1-2/h4-10H,1-3H3,(H3,23,24,25,26,27,28);1-2H3. The zero-order valence-electron chi connectivity index (χ0n) is 18.0. The van der Waals surface area contributed by atoms with Crippen molar-refractivity contribution in [3.8, 4) is 11.3 Å². The molecule has 3 N–H and O–H groups in total. The van der Waals surface area contributed by atoms with E-state index in [1.807, 2.05) is 38.1 Å². The minimum atomic E-state index is -0.709. The SMILES string of the molecule is CC.CC(C)(C)OC(=O)N/C(N)=N/c1nc(-c2ccc(Br)cc2)c2cc(Cl)ccc2n1. The van der Waals surface area contributed by atoms with Crippen molar-refractivity contribution in [3.05, 3.63) is 52.0 Å². The summed E-state index contributed by atoms with van der Waals surface area (Å²) in [7, 11) is 0. The molecule has 7 nitrogen and oxygen atoms in total. The van der Waals surface area contributed by atoms with E-state index in [0.717, 1.165) is 15.4 Å². The fourth-order valence-electron chi connectivity index (χ4n) is 2.51. The highest BCUT2D eigenvalue weighted by atomic mass is 79.9. The Balaban J connectivity index is 0.00000166. The summed E-state index contributed by atoms with van der Waals surface area (Å²) >= 11 is 9.59. The first-order valence-electron chi connectivity index (χ1n) is 9.68. The van der Waals surface area contributed by atoms with E-state index in [2.05, 4.69) is 36.2 Å². The van der Waals surface area contributed by atoms with Crippen LogP contribution >= 0.6 is 27.5 Å². The molecule has 0 aliphatic rings. The topological polar surface area (TPSA) is 102 Å². The van der Waals surface area contributed by atoms with Gasteiger partial charge in [0, 0.05) is 20.4 Å². The molecule has 31 heavy (non-hydrogen) atoms. The summed E-state index contributed by atoms with van der Waals surface area (Å²) in [5.74, 6) is -0.0689. The van der Waals surface area contributed by atoms with E-state index < -0.39 is 11.7 Å². The lowest BCUT2D eigenvalue weighted by Gasteiger charge is -2.19. The molecular weight excluding hydrogens is 482 g/mol. The Labute approximate surface area is 195 Å². The van der Waals surface area contributed by atoms with Crippen molar-refractivity contribution in [1.29, 1.82) is 0 Å². The first-order valence-corrected chi connectivity index (χ1v) is 10.9. The Morgan fingerprint density at radius 3 is 2.39 bits per heavy atom. The molecule has 9 heteroatoms. The number of rotatable bonds is 2. The summed E-state index contributed by atoms with van der Waals surface area (Å²) in [6.07, 6.45) is -0.709. The number of benzene rings is 2. The van der Waals surface area contributed by atoms with E-state index in [-0.39, 0.29) is 11.9 Å². The third kappa shape index (κ3) is 7.18. The molecule has 0 radical (unpaired) electrons. The number of nitrogens with zero attached hydrogens (tertiary/aromatic N) is 3. The normalized spacial score (nSPS) is 11.5. The molecule has 0 aliphatic heterocycles. The molecule has 0 spiro atoms. The van der Waals surface area contributed by atoms with Crippen LogP contribution in [-0.4, -0.2) is 27.6 Å².